The minimum Gasteiger partial charge on any atom is -0.496 e. The quantitative estimate of drug-likeness (QED) is 0.723. The van der Waals surface area contributed by atoms with Crippen molar-refractivity contribution < 1.29 is 9.47 Å². The summed E-state index contributed by atoms with van der Waals surface area (Å²) >= 11 is 3.56. The van der Waals surface area contributed by atoms with Crippen LogP contribution in [-0.2, 0) is 11.2 Å². The smallest absolute Gasteiger partial charge is 0.133 e. The number of hydrogen-bond acceptors (Lipinski definition) is 3. The molecule has 0 saturated heterocycles. The van der Waals surface area contributed by atoms with Gasteiger partial charge in [-0.05, 0) is 59.4 Å². The normalized spacial score (nSPS) is 14.2. The number of nitrogens with one attached hydrogen (secondary N) is 1. The van der Waals surface area contributed by atoms with Crippen LogP contribution >= 0.6 is 15.9 Å². The predicted molar refractivity (Wildman–Crippen MR) is 92.1 cm³/mol. The van der Waals surface area contributed by atoms with Crippen LogP contribution in [-0.4, -0.2) is 32.4 Å². The van der Waals surface area contributed by atoms with Gasteiger partial charge in [-0.1, -0.05) is 26.8 Å². The summed E-state index contributed by atoms with van der Waals surface area (Å²) in [6.45, 7) is 10.3. The van der Waals surface area contributed by atoms with Crippen molar-refractivity contribution >= 4 is 15.9 Å². The molecule has 2 atom stereocenters. The molecule has 0 aliphatic rings. The summed E-state index contributed by atoms with van der Waals surface area (Å²) in [5.74, 6) is 1.35. The summed E-state index contributed by atoms with van der Waals surface area (Å²) in [6.07, 6.45) is 1.16. The maximum absolute atomic E-state index is 5.97. The maximum Gasteiger partial charge on any atom is 0.133 e. The van der Waals surface area contributed by atoms with Crippen molar-refractivity contribution in [1.82, 2.24) is 5.32 Å². The molecule has 3 nitrogen and oxygen atoms in total. The van der Waals surface area contributed by atoms with Crippen molar-refractivity contribution in [1.29, 1.82) is 0 Å². The molecule has 0 saturated carbocycles. The first-order valence-corrected chi connectivity index (χ1v) is 8.50. The van der Waals surface area contributed by atoms with E-state index in [1.54, 1.807) is 7.11 Å². The molecule has 0 amide bonds. The highest BCUT2D eigenvalue weighted by Gasteiger charge is 2.24. The molecule has 21 heavy (non-hydrogen) atoms. The van der Waals surface area contributed by atoms with E-state index in [9.17, 15) is 0 Å². The predicted octanol–water partition coefficient (Wildman–Crippen LogP) is 4.04. The molecule has 0 radical (unpaired) electrons. The van der Waals surface area contributed by atoms with Crippen molar-refractivity contribution in [2.45, 2.75) is 46.3 Å². The third-order valence-corrected chi connectivity index (χ3v) is 4.17. The van der Waals surface area contributed by atoms with Crippen molar-refractivity contribution in [2.75, 3.05) is 20.3 Å². The summed E-state index contributed by atoms with van der Waals surface area (Å²) in [4.78, 5) is 0. The number of likely N-dealkylation sites (N-methyl/N-ethyl adjacent to an activating group) is 1. The first-order chi connectivity index (χ1) is 10.0. The minimum atomic E-state index is 0.218. The molecular weight excluding hydrogens is 330 g/mol. The maximum atomic E-state index is 5.97. The van der Waals surface area contributed by atoms with Gasteiger partial charge in [0.25, 0.3) is 0 Å². The lowest BCUT2D eigenvalue weighted by atomic mass is 9.93. The molecule has 4 heteroatoms. The van der Waals surface area contributed by atoms with Crippen molar-refractivity contribution in [3.05, 3.63) is 28.2 Å². The van der Waals surface area contributed by atoms with Crippen LogP contribution < -0.4 is 10.1 Å². The van der Waals surface area contributed by atoms with Gasteiger partial charge in [0.15, 0.2) is 0 Å². The average Bonchev–Trinajstić information content (AvgIpc) is 2.44. The second-order valence-corrected chi connectivity index (χ2v) is 6.36. The molecule has 2 unspecified atom stereocenters. The molecule has 0 bridgehead atoms. The van der Waals surface area contributed by atoms with Gasteiger partial charge in [-0.2, -0.15) is 0 Å². The van der Waals surface area contributed by atoms with E-state index >= 15 is 0 Å². The molecule has 0 aromatic heterocycles. The Kier molecular flexibility index (Phi) is 8.30. The van der Waals surface area contributed by atoms with Crippen LogP contribution in [0, 0.1) is 5.92 Å². The summed E-state index contributed by atoms with van der Waals surface area (Å²) in [6, 6.07) is 6.58. The van der Waals surface area contributed by atoms with E-state index < -0.39 is 0 Å². The second kappa shape index (κ2) is 9.44. The first kappa shape index (κ1) is 18.5. The van der Waals surface area contributed by atoms with E-state index in [0.29, 0.717) is 12.0 Å². The van der Waals surface area contributed by atoms with Gasteiger partial charge in [0, 0.05) is 12.6 Å². The molecule has 120 valence electrons. The van der Waals surface area contributed by atoms with Gasteiger partial charge in [0.1, 0.15) is 5.75 Å². The zero-order valence-electron chi connectivity index (χ0n) is 13.8. The largest absolute Gasteiger partial charge is 0.496 e. The zero-order valence-corrected chi connectivity index (χ0v) is 15.4. The van der Waals surface area contributed by atoms with Gasteiger partial charge in [-0.15, -0.1) is 0 Å². The topological polar surface area (TPSA) is 30.5 Å². The molecular formula is C17H28BrNO2. The second-order valence-electron chi connectivity index (χ2n) is 5.50. The highest BCUT2D eigenvalue weighted by Crippen LogP contribution is 2.26. The Morgan fingerprint density at radius 1 is 1.24 bits per heavy atom. The average molecular weight is 358 g/mol. The molecule has 0 spiro atoms. The number of ether oxygens (including phenoxy) is 2. The Morgan fingerprint density at radius 3 is 2.43 bits per heavy atom. The van der Waals surface area contributed by atoms with Crippen LogP contribution in [0.25, 0.3) is 0 Å². The third kappa shape index (κ3) is 5.61. The monoisotopic (exact) mass is 357 g/mol. The van der Waals surface area contributed by atoms with Gasteiger partial charge in [-0.3, -0.25) is 0 Å². The van der Waals surface area contributed by atoms with Gasteiger partial charge < -0.3 is 14.8 Å². The molecule has 1 N–H and O–H groups in total. The standard InChI is InChI=1S/C17H28BrNO2/c1-6-19-15(17(12(3)4)21-7-2)11-13-8-9-16(20-5)14(18)10-13/h8-10,12,15,17,19H,6-7,11H2,1-5H3. The molecule has 0 aliphatic carbocycles. The number of methoxy groups -OCH3 is 1. The van der Waals surface area contributed by atoms with E-state index in [-0.39, 0.29) is 6.10 Å². The van der Waals surface area contributed by atoms with Gasteiger partial charge in [-0.25, -0.2) is 0 Å². The Balaban J connectivity index is 2.88. The lowest BCUT2D eigenvalue weighted by Crippen LogP contribution is -2.45. The third-order valence-electron chi connectivity index (χ3n) is 3.55. The van der Waals surface area contributed by atoms with Crippen LogP contribution in [0.3, 0.4) is 0 Å². The summed E-state index contributed by atoms with van der Waals surface area (Å²) in [5, 5.41) is 3.57. The molecule has 1 aromatic carbocycles. The molecule has 0 fully saturated rings. The number of benzene rings is 1. The highest BCUT2D eigenvalue weighted by atomic mass is 79.9. The summed E-state index contributed by atoms with van der Waals surface area (Å²) in [7, 11) is 1.69. The van der Waals surface area contributed by atoms with E-state index in [1.165, 1.54) is 5.56 Å². The Bertz CT molecular complexity index is 423. The number of rotatable bonds is 9. The van der Waals surface area contributed by atoms with Crippen LogP contribution in [0.15, 0.2) is 22.7 Å². The van der Waals surface area contributed by atoms with Gasteiger partial charge >= 0.3 is 0 Å². The fourth-order valence-electron chi connectivity index (χ4n) is 2.62. The lowest BCUT2D eigenvalue weighted by Gasteiger charge is -2.31. The van der Waals surface area contributed by atoms with Gasteiger partial charge in [0.05, 0.1) is 17.7 Å². The molecule has 1 rings (SSSR count). The summed E-state index contributed by atoms with van der Waals surface area (Å²) < 4.78 is 12.3. The lowest BCUT2D eigenvalue weighted by molar-refractivity contribution is 0.00395. The van der Waals surface area contributed by atoms with E-state index in [0.717, 1.165) is 29.8 Å². The fourth-order valence-corrected chi connectivity index (χ4v) is 3.21. The minimum absolute atomic E-state index is 0.218. The van der Waals surface area contributed by atoms with Crippen LogP contribution in [0.5, 0.6) is 5.75 Å². The first-order valence-electron chi connectivity index (χ1n) is 7.70. The Labute approximate surface area is 137 Å². The Morgan fingerprint density at radius 2 is 1.95 bits per heavy atom. The van der Waals surface area contributed by atoms with Crippen LogP contribution in [0.4, 0.5) is 0 Å². The van der Waals surface area contributed by atoms with Crippen molar-refractivity contribution in [3.8, 4) is 5.75 Å². The van der Waals surface area contributed by atoms with Crippen LogP contribution in [0.1, 0.15) is 33.3 Å². The van der Waals surface area contributed by atoms with E-state index in [2.05, 4.69) is 61.1 Å². The van der Waals surface area contributed by atoms with Crippen molar-refractivity contribution in [3.63, 3.8) is 0 Å². The zero-order chi connectivity index (χ0) is 15.8. The SMILES string of the molecule is CCNC(Cc1ccc(OC)c(Br)c1)C(OCC)C(C)C. The molecule has 0 heterocycles. The molecule has 1 aromatic rings. The highest BCUT2D eigenvalue weighted by molar-refractivity contribution is 9.10. The van der Waals surface area contributed by atoms with E-state index in [4.69, 9.17) is 9.47 Å². The van der Waals surface area contributed by atoms with Crippen molar-refractivity contribution in [2.24, 2.45) is 5.92 Å². The Hall–Kier alpha value is -0.580. The van der Waals surface area contributed by atoms with Gasteiger partial charge in [0.2, 0.25) is 0 Å². The van der Waals surface area contributed by atoms with E-state index in [1.807, 2.05) is 6.07 Å². The summed E-state index contributed by atoms with van der Waals surface area (Å²) in [5.41, 5.74) is 1.28. The van der Waals surface area contributed by atoms with Crippen LogP contribution in [0.2, 0.25) is 0 Å². The number of hydrogen-bond donors (Lipinski definition) is 1. The fraction of sp³-hybridized carbons (Fsp3) is 0.647. The molecule has 0 aliphatic heterocycles. The number of halogens is 1.